The van der Waals surface area contributed by atoms with Gasteiger partial charge in [-0.3, -0.25) is 4.90 Å². The van der Waals surface area contributed by atoms with Crippen molar-refractivity contribution in [3.8, 4) is 12.1 Å². The first-order valence-electron chi connectivity index (χ1n) is 8.54. The summed E-state index contributed by atoms with van der Waals surface area (Å²) in [7, 11) is 3.93. The summed E-state index contributed by atoms with van der Waals surface area (Å²) in [6.07, 6.45) is 0. The van der Waals surface area contributed by atoms with Gasteiger partial charge in [-0.1, -0.05) is 24.3 Å². The summed E-state index contributed by atoms with van der Waals surface area (Å²) >= 11 is 0. The van der Waals surface area contributed by atoms with E-state index in [1.54, 1.807) is 4.90 Å². The number of nitrogens with two attached hydrogens (primary N) is 1. The van der Waals surface area contributed by atoms with Gasteiger partial charge in [0.15, 0.2) is 0 Å². The van der Waals surface area contributed by atoms with Crippen LogP contribution < -0.4 is 20.9 Å². The maximum atomic E-state index is 9.94. The van der Waals surface area contributed by atoms with Crippen molar-refractivity contribution >= 4 is 17.1 Å². The molecular formula is C21H18N6. The van der Waals surface area contributed by atoms with Crippen molar-refractivity contribution in [1.82, 2.24) is 0 Å². The average Bonchev–Trinajstić information content (AvgIpc) is 3.07. The lowest BCUT2D eigenvalue weighted by molar-refractivity contribution is 0.868. The van der Waals surface area contributed by atoms with Gasteiger partial charge < -0.3 is 16.0 Å². The fourth-order valence-electron chi connectivity index (χ4n) is 3.60. The van der Waals surface area contributed by atoms with E-state index in [1.807, 2.05) is 67.5 Å². The zero-order valence-electron chi connectivity index (χ0n) is 15.1. The molecule has 0 saturated carbocycles. The van der Waals surface area contributed by atoms with E-state index in [1.165, 1.54) is 0 Å². The molecule has 6 nitrogen and oxygen atoms in total. The van der Waals surface area contributed by atoms with Gasteiger partial charge in [-0.2, -0.15) is 10.5 Å². The fraction of sp³-hybridized carbons (Fsp3) is 0.143. The van der Waals surface area contributed by atoms with Gasteiger partial charge >= 0.3 is 0 Å². The molecule has 2 heterocycles. The molecule has 0 amide bonds. The summed E-state index contributed by atoms with van der Waals surface area (Å²) < 4.78 is 0. The van der Waals surface area contributed by atoms with Crippen molar-refractivity contribution in [3.05, 3.63) is 76.9 Å². The van der Waals surface area contributed by atoms with Crippen LogP contribution >= 0.6 is 0 Å². The molecule has 0 fully saturated rings. The number of benzene rings is 2. The molecule has 2 aliphatic rings. The number of fused-ring (bicyclic) bond motifs is 3. The highest BCUT2D eigenvalue weighted by Crippen LogP contribution is 2.47. The van der Waals surface area contributed by atoms with E-state index in [2.05, 4.69) is 17.5 Å². The van der Waals surface area contributed by atoms with Gasteiger partial charge in [0.1, 0.15) is 11.6 Å². The molecule has 0 spiro atoms. The van der Waals surface area contributed by atoms with Crippen molar-refractivity contribution < 1.29 is 0 Å². The first kappa shape index (κ1) is 16.6. The molecule has 0 saturated heterocycles. The number of allylic oxidation sites excluding steroid dienone is 2. The average molecular weight is 354 g/mol. The van der Waals surface area contributed by atoms with Gasteiger partial charge in [0.05, 0.1) is 40.6 Å². The molecule has 4 rings (SSSR count). The van der Waals surface area contributed by atoms with Gasteiger partial charge in [-0.05, 0) is 29.8 Å². The van der Waals surface area contributed by atoms with Gasteiger partial charge in [-0.15, -0.1) is 0 Å². The van der Waals surface area contributed by atoms with Crippen LogP contribution in [0.5, 0.6) is 0 Å². The first-order chi connectivity index (χ1) is 13.1. The fourth-order valence-corrected chi connectivity index (χ4v) is 3.60. The van der Waals surface area contributed by atoms with Crippen LogP contribution in [0, 0.1) is 22.7 Å². The van der Waals surface area contributed by atoms with Crippen LogP contribution in [0.1, 0.15) is 11.5 Å². The number of nitrogens with one attached hydrogen (secondary N) is 1. The van der Waals surface area contributed by atoms with Crippen molar-refractivity contribution in [2.75, 3.05) is 29.2 Å². The van der Waals surface area contributed by atoms with Gasteiger partial charge in [0.2, 0.25) is 0 Å². The summed E-state index contributed by atoms with van der Waals surface area (Å²) in [6.45, 7) is 0. The summed E-state index contributed by atoms with van der Waals surface area (Å²) in [5.41, 5.74) is 10.9. The smallest absolute Gasteiger partial charge is 0.131 e. The van der Waals surface area contributed by atoms with Crippen molar-refractivity contribution in [1.29, 1.82) is 10.5 Å². The highest BCUT2D eigenvalue weighted by Gasteiger charge is 2.40. The lowest BCUT2D eigenvalue weighted by atomic mass is 9.83. The molecule has 0 aliphatic carbocycles. The van der Waals surface area contributed by atoms with E-state index in [0.717, 1.165) is 22.6 Å². The van der Waals surface area contributed by atoms with E-state index >= 15 is 0 Å². The van der Waals surface area contributed by atoms with Crippen molar-refractivity contribution in [2.45, 2.75) is 5.92 Å². The molecule has 0 aromatic heterocycles. The minimum atomic E-state index is -0.496. The Bertz CT molecular complexity index is 1060. The number of para-hydroxylation sites is 2. The summed E-state index contributed by atoms with van der Waals surface area (Å²) in [4.78, 5) is 3.76. The molecule has 1 unspecified atom stereocenters. The first-order valence-corrected chi connectivity index (χ1v) is 8.54. The highest BCUT2D eigenvalue weighted by atomic mass is 15.4. The Morgan fingerprint density at radius 1 is 1.00 bits per heavy atom. The summed E-state index contributed by atoms with van der Waals surface area (Å²) in [6, 6.07) is 20.0. The molecule has 2 aromatic carbocycles. The van der Waals surface area contributed by atoms with Crippen LogP contribution in [0.4, 0.5) is 17.1 Å². The van der Waals surface area contributed by atoms with E-state index in [-0.39, 0.29) is 0 Å². The Morgan fingerprint density at radius 2 is 1.67 bits per heavy atom. The predicted molar refractivity (Wildman–Crippen MR) is 106 cm³/mol. The Balaban J connectivity index is 1.90. The van der Waals surface area contributed by atoms with Crippen LogP contribution in [0.15, 0.2) is 71.3 Å². The number of anilines is 3. The molecular weight excluding hydrogens is 336 g/mol. The minimum Gasteiger partial charge on any atom is -0.384 e. The monoisotopic (exact) mass is 354 g/mol. The molecule has 1 atom stereocenters. The molecule has 0 radical (unpaired) electrons. The largest absolute Gasteiger partial charge is 0.384 e. The topological polar surface area (TPSA) is 92.1 Å². The van der Waals surface area contributed by atoms with Crippen LogP contribution in [-0.4, -0.2) is 14.1 Å². The standard InChI is InChI=1S/C21H18N6/c1-26(2)14-9-7-13(8-10-14)19-15(11-22)20(24)27-18-6-4-3-5-17(18)25-21(27)16(19)12-23/h3-10,19,25H,24H2,1-2H3. The second-order valence-corrected chi connectivity index (χ2v) is 6.68. The zero-order chi connectivity index (χ0) is 19.1. The molecule has 27 heavy (non-hydrogen) atoms. The quantitative estimate of drug-likeness (QED) is 0.860. The van der Waals surface area contributed by atoms with Crippen LogP contribution in [-0.2, 0) is 0 Å². The number of hydrogen-bond acceptors (Lipinski definition) is 6. The Hall–Kier alpha value is -3.90. The van der Waals surface area contributed by atoms with E-state index < -0.39 is 5.92 Å². The zero-order valence-corrected chi connectivity index (χ0v) is 15.1. The second kappa shape index (κ2) is 6.12. The molecule has 6 heteroatoms. The van der Waals surface area contributed by atoms with Crippen LogP contribution in [0.25, 0.3) is 0 Å². The lowest BCUT2D eigenvalue weighted by Gasteiger charge is -2.31. The highest BCUT2D eigenvalue weighted by molar-refractivity contribution is 5.86. The molecule has 2 aliphatic heterocycles. The van der Waals surface area contributed by atoms with Gasteiger partial charge in [-0.25, -0.2) is 0 Å². The third-order valence-electron chi connectivity index (χ3n) is 4.95. The normalized spacial score (nSPS) is 17.6. The van der Waals surface area contributed by atoms with Gasteiger partial charge in [0.25, 0.3) is 0 Å². The summed E-state index contributed by atoms with van der Waals surface area (Å²) in [5, 5.41) is 23.1. The maximum Gasteiger partial charge on any atom is 0.131 e. The van der Waals surface area contributed by atoms with Crippen molar-refractivity contribution in [3.63, 3.8) is 0 Å². The SMILES string of the molecule is CN(C)c1ccc(C2C(C#N)=C(N)N3C(=C2C#N)Nc2ccccc23)cc1. The number of nitrogens with zero attached hydrogens (tertiary/aromatic N) is 4. The Labute approximate surface area is 158 Å². The van der Waals surface area contributed by atoms with E-state index in [9.17, 15) is 10.5 Å². The summed E-state index contributed by atoms with van der Waals surface area (Å²) in [5.74, 6) is 0.479. The van der Waals surface area contributed by atoms with Crippen LogP contribution in [0.2, 0.25) is 0 Å². The second-order valence-electron chi connectivity index (χ2n) is 6.68. The molecule has 2 aromatic rings. The molecule has 0 bridgehead atoms. The van der Waals surface area contributed by atoms with Gasteiger partial charge in [0, 0.05) is 19.8 Å². The minimum absolute atomic E-state index is 0.352. The number of nitriles is 2. The maximum absolute atomic E-state index is 9.94. The van der Waals surface area contributed by atoms with E-state index in [0.29, 0.717) is 22.8 Å². The molecule has 132 valence electrons. The van der Waals surface area contributed by atoms with Crippen LogP contribution in [0.3, 0.4) is 0 Å². The van der Waals surface area contributed by atoms with E-state index in [4.69, 9.17) is 5.73 Å². The predicted octanol–water partition coefficient (Wildman–Crippen LogP) is 3.21. The third-order valence-corrected chi connectivity index (χ3v) is 4.95. The number of rotatable bonds is 2. The van der Waals surface area contributed by atoms with Crippen molar-refractivity contribution in [2.24, 2.45) is 5.73 Å². The molecule has 3 N–H and O–H groups in total. The number of hydrogen-bond donors (Lipinski definition) is 2. The Morgan fingerprint density at radius 3 is 2.30 bits per heavy atom. The lowest BCUT2D eigenvalue weighted by Crippen LogP contribution is -2.34. The third kappa shape index (κ3) is 2.39. The Kier molecular flexibility index (Phi) is 3.75.